The van der Waals surface area contributed by atoms with E-state index in [1.54, 1.807) is 0 Å². The lowest BCUT2D eigenvalue weighted by Crippen LogP contribution is -2.28. The molecular formula is C7H14N2O2. The molecule has 0 bridgehead atoms. The fourth-order valence-corrected chi connectivity index (χ4v) is 1.32. The van der Waals surface area contributed by atoms with Crippen LogP contribution in [0.4, 0.5) is 0 Å². The van der Waals surface area contributed by atoms with Gasteiger partial charge in [-0.15, -0.1) is 0 Å². The van der Waals surface area contributed by atoms with E-state index in [1.807, 2.05) is 0 Å². The van der Waals surface area contributed by atoms with Crippen LogP contribution in [0.2, 0.25) is 0 Å². The van der Waals surface area contributed by atoms with Gasteiger partial charge in [0, 0.05) is 19.1 Å². The minimum absolute atomic E-state index is 0.229. The highest BCUT2D eigenvalue weighted by molar-refractivity contribution is 5.66. The van der Waals surface area contributed by atoms with Crippen LogP contribution >= 0.6 is 0 Å². The maximum absolute atomic E-state index is 10.2. The summed E-state index contributed by atoms with van der Waals surface area (Å²) in [7, 11) is 0. The van der Waals surface area contributed by atoms with E-state index in [9.17, 15) is 4.79 Å². The van der Waals surface area contributed by atoms with E-state index in [2.05, 4.69) is 4.90 Å². The third-order valence-corrected chi connectivity index (χ3v) is 1.95. The van der Waals surface area contributed by atoms with Crippen molar-refractivity contribution >= 4 is 5.97 Å². The first-order valence-electron chi connectivity index (χ1n) is 3.88. The standard InChI is InChI=1S/C7H14N2O2/c8-6-1-3-9(5-6)4-2-7(10)11/h6H,1-5,8H2,(H,10,11). The first-order chi connectivity index (χ1) is 5.18. The zero-order chi connectivity index (χ0) is 8.27. The second-order valence-corrected chi connectivity index (χ2v) is 2.99. The first-order valence-corrected chi connectivity index (χ1v) is 3.88. The van der Waals surface area contributed by atoms with Gasteiger partial charge in [0.15, 0.2) is 0 Å². The summed E-state index contributed by atoms with van der Waals surface area (Å²) in [6.45, 7) is 2.45. The van der Waals surface area contributed by atoms with Gasteiger partial charge in [0.1, 0.15) is 0 Å². The molecule has 1 unspecified atom stereocenters. The molecule has 0 spiro atoms. The molecule has 1 heterocycles. The van der Waals surface area contributed by atoms with E-state index < -0.39 is 5.97 Å². The normalized spacial score (nSPS) is 25.7. The van der Waals surface area contributed by atoms with Crippen LogP contribution in [0.25, 0.3) is 0 Å². The summed E-state index contributed by atoms with van der Waals surface area (Å²) >= 11 is 0. The van der Waals surface area contributed by atoms with Crippen LogP contribution in [0.15, 0.2) is 0 Å². The van der Waals surface area contributed by atoms with Crippen LogP contribution in [0.5, 0.6) is 0 Å². The van der Waals surface area contributed by atoms with Gasteiger partial charge in [-0.1, -0.05) is 0 Å². The molecule has 0 amide bonds. The van der Waals surface area contributed by atoms with Gasteiger partial charge in [0.25, 0.3) is 0 Å². The Bertz CT molecular complexity index is 149. The molecular weight excluding hydrogens is 144 g/mol. The molecule has 0 radical (unpaired) electrons. The van der Waals surface area contributed by atoms with Crippen LogP contribution in [-0.4, -0.2) is 41.7 Å². The number of aliphatic carboxylic acids is 1. The molecule has 0 aliphatic carbocycles. The highest BCUT2D eigenvalue weighted by Crippen LogP contribution is 2.06. The number of nitrogens with two attached hydrogens (primary N) is 1. The largest absolute Gasteiger partial charge is 0.481 e. The minimum atomic E-state index is -0.731. The quantitative estimate of drug-likeness (QED) is 0.580. The fraction of sp³-hybridized carbons (Fsp3) is 0.857. The number of nitrogens with zero attached hydrogens (tertiary/aromatic N) is 1. The van der Waals surface area contributed by atoms with Crippen LogP contribution in [0, 0.1) is 0 Å². The van der Waals surface area contributed by atoms with Gasteiger partial charge in [0.05, 0.1) is 6.42 Å². The molecule has 1 aliphatic rings. The Balaban J connectivity index is 2.13. The Kier molecular flexibility index (Phi) is 2.84. The molecule has 0 aromatic heterocycles. The van der Waals surface area contributed by atoms with Gasteiger partial charge >= 0.3 is 5.97 Å². The number of carboxylic acids is 1. The van der Waals surface area contributed by atoms with Crippen molar-refractivity contribution in [2.45, 2.75) is 18.9 Å². The molecule has 1 saturated heterocycles. The molecule has 1 fully saturated rings. The van der Waals surface area contributed by atoms with Crippen molar-refractivity contribution in [3.05, 3.63) is 0 Å². The second-order valence-electron chi connectivity index (χ2n) is 2.99. The van der Waals surface area contributed by atoms with Gasteiger partial charge in [-0.05, 0) is 13.0 Å². The van der Waals surface area contributed by atoms with E-state index in [0.29, 0.717) is 6.54 Å². The Labute approximate surface area is 66.0 Å². The van der Waals surface area contributed by atoms with Crippen LogP contribution in [0.3, 0.4) is 0 Å². The number of hydrogen-bond acceptors (Lipinski definition) is 3. The predicted octanol–water partition coefficient (Wildman–Crippen LogP) is -0.506. The van der Waals surface area contributed by atoms with Crippen molar-refractivity contribution in [2.75, 3.05) is 19.6 Å². The van der Waals surface area contributed by atoms with Crippen molar-refractivity contribution in [3.63, 3.8) is 0 Å². The number of hydrogen-bond donors (Lipinski definition) is 2. The molecule has 4 heteroatoms. The number of carboxylic acid groups (broad SMARTS) is 1. The number of rotatable bonds is 3. The maximum atomic E-state index is 10.2. The Morgan fingerprint density at radius 3 is 2.91 bits per heavy atom. The molecule has 11 heavy (non-hydrogen) atoms. The summed E-state index contributed by atoms with van der Waals surface area (Å²) < 4.78 is 0. The molecule has 64 valence electrons. The summed E-state index contributed by atoms with van der Waals surface area (Å²) in [4.78, 5) is 12.3. The molecule has 1 aliphatic heterocycles. The molecule has 0 aromatic carbocycles. The van der Waals surface area contributed by atoms with Gasteiger partial charge < -0.3 is 15.7 Å². The topological polar surface area (TPSA) is 66.6 Å². The maximum Gasteiger partial charge on any atom is 0.304 e. The fourth-order valence-electron chi connectivity index (χ4n) is 1.32. The molecule has 4 nitrogen and oxygen atoms in total. The van der Waals surface area contributed by atoms with Gasteiger partial charge in [-0.3, -0.25) is 4.79 Å². The third kappa shape index (κ3) is 2.86. The summed E-state index contributed by atoms with van der Waals surface area (Å²) in [5, 5.41) is 8.38. The van der Waals surface area contributed by atoms with Crippen molar-refractivity contribution in [3.8, 4) is 0 Å². The summed E-state index contributed by atoms with van der Waals surface area (Å²) in [5.41, 5.74) is 5.64. The summed E-state index contributed by atoms with van der Waals surface area (Å²) in [6.07, 6.45) is 1.23. The summed E-state index contributed by atoms with van der Waals surface area (Å²) in [5.74, 6) is -0.731. The third-order valence-electron chi connectivity index (χ3n) is 1.95. The zero-order valence-electron chi connectivity index (χ0n) is 6.49. The molecule has 1 rings (SSSR count). The lowest BCUT2D eigenvalue weighted by molar-refractivity contribution is -0.137. The second kappa shape index (κ2) is 3.69. The van der Waals surface area contributed by atoms with E-state index >= 15 is 0 Å². The predicted molar refractivity (Wildman–Crippen MR) is 41.3 cm³/mol. The van der Waals surface area contributed by atoms with E-state index in [1.165, 1.54) is 0 Å². The highest BCUT2D eigenvalue weighted by atomic mass is 16.4. The van der Waals surface area contributed by atoms with Crippen LogP contribution in [0.1, 0.15) is 12.8 Å². The van der Waals surface area contributed by atoms with Crippen molar-refractivity contribution in [2.24, 2.45) is 5.73 Å². The van der Waals surface area contributed by atoms with Crippen LogP contribution in [-0.2, 0) is 4.79 Å². The first kappa shape index (κ1) is 8.49. The number of likely N-dealkylation sites (tertiary alicyclic amines) is 1. The van der Waals surface area contributed by atoms with E-state index in [0.717, 1.165) is 19.5 Å². The number of carbonyl (C=O) groups is 1. The Morgan fingerprint density at radius 2 is 2.45 bits per heavy atom. The lowest BCUT2D eigenvalue weighted by atomic mass is 10.3. The monoisotopic (exact) mass is 158 g/mol. The lowest BCUT2D eigenvalue weighted by Gasteiger charge is -2.12. The molecule has 0 saturated carbocycles. The van der Waals surface area contributed by atoms with Gasteiger partial charge in [-0.2, -0.15) is 0 Å². The Morgan fingerprint density at radius 1 is 1.73 bits per heavy atom. The molecule has 3 N–H and O–H groups in total. The SMILES string of the molecule is NC1CCN(CCC(=O)O)C1. The van der Waals surface area contributed by atoms with Crippen LogP contribution < -0.4 is 5.73 Å². The van der Waals surface area contributed by atoms with Gasteiger partial charge in [-0.25, -0.2) is 0 Å². The van der Waals surface area contributed by atoms with Crippen molar-refractivity contribution in [1.82, 2.24) is 4.90 Å². The Hall–Kier alpha value is -0.610. The van der Waals surface area contributed by atoms with E-state index in [4.69, 9.17) is 10.8 Å². The smallest absolute Gasteiger partial charge is 0.304 e. The summed E-state index contributed by atoms with van der Waals surface area (Å²) in [6, 6.07) is 0.254. The molecule has 0 aromatic rings. The minimum Gasteiger partial charge on any atom is -0.481 e. The highest BCUT2D eigenvalue weighted by Gasteiger charge is 2.18. The average Bonchev–Trinajstić information content (AvgIpc) is 2.31. The van der Waals surface area contributed by atoms with Crippen molar-refractivity contribution in [1.29, 1.82) is 0 Å². The van der Waals surface area contributed by atoms with Gasteiger partial charge in [0.2, 0.25) is 0 Å². The van der Waals surface area contributed by atoms with Crippen molar-refractivity contribution < 1.29 is 9.90 Å². The zero-order valence-corrected chi connectivity index (χ0v) is 6.49. The average molecular weight is 158 g/mol. The van der Waals surface area contributed by atoms with E-state index in [-0.39, 0.29) is 12.5 Å². The molecule has 1 atom stereocenters.